The summed E-state index contributed by atoms with van der Waals surface area (Å²) < 4.78 is 60.1. The van der Waals surface area contributed by atoms with Crippen molar-refractivity contribution >= 4 is 17.9 Å². The Hall–Kier alpha value is -3.81. The van der Waals surface area contributed by atoms with E-state index in [0.717, 1.165) is 12.1 Å². The molecule has 2 atom stereocenters. The Balaban J connectivity index is 1.23. The summed E-state index contributed by atoms with van der Waals surface area (Å²) in [6.07, 6.45) is 4.07. The number of benzene rings is 1. The molecule has 0 spiro atoms. The first-order chi connectivity index (χ1) is 19.4. The van der Waals surface area contributed by atoms with Crippen LogP contribution in [0, 0.1) is 11.6 Å². The van der Waals surface area contributed by atoms with Gasteiger partial charge >= 0.3 is 11.9 Å². The number of nitrogens with two attached hydrogens (primary N) is 1. The van der Waals surface area contributed by atoms with Crippen LogP contribution in [0.5, 0.6) is 0 Å². The first-order valence-electron chi connectivity index (χ1n) is 13.5. The van der Waals surface area contributed by atoms with Crippen LogP contribution in [0.4, 0.5) is 29.5 Å². The number of hydrogen-bond acceptors (Lipinski definition) is 9. The Morgan fingerprint density at radius 2 is 1.80 bits per heavy atom. The Bertz CT molecular complexity index is 1370. The predicted octanol–water partition coefficient (Wildman–Crippen LogP) is 3.70. The minimum Gasteiger partial charge on any atom is -0.339 e. The summed E-state index contributed by atoms with van der Waals surface area (Å²) in [5, 5.41) is 3.38. The van der Waals surface area contributed by atoms with Crippen molar-refractivity contribution in [2.45, 2.75) is 63.6 Å². The van der Waals surface area contributed by atoms with Crippen LogP contribution in [0.15, 0.2) is 35.1 Å². The van der Waals surface area contributed by atoms with Gasteiger partial charge in [0.05, 0.1) is 5.56 Å². The van der Waals surface area contributed by atoms with E-state index in [1.807, 2.05) is 13.8 Å². The normalized spacial score (nSPS) is 20.2. The van der Waals surface area contributed by atoms with E-state index in [1.54, 1.807) is 14.7 Å². The number of alkyl halides is 2. The number of hydrogen-bond donors (Lipinski definition) is 1. The smallest absolute Gasteiger partial charge is 0.324 e. The molecule has 2 saturated heterocycles. The van der Waals surface area contributed by atoms with Crippen LogP contribution in [0.2, 0.25) is 0 Å². The van der Waals surface area contributed by atoms with Gasteiger partial charge in [0.1, 0.15) is 11.6 Å². The monoisotopic (exact) mass is 576 g/mol. The molecule has 3 aromatic rings. The van der Waals surface area contributed by atoms with Crippen LogP contribution in [-0.2, 0) is 5.92 Å². The molecular formula is C27H32F4N8O2. The van der Waals surface area contributed by atoms with E-state index < -0.39 is 35.3 Å². The molecule has 0 radical (unpaired) electrons. The second-order valence-corrected chi connectivity index (χ2v) is 10.9. The summed E-state index contributed by atoms with van der Waals surface area (Å²) in [4.78, 5) is 31.5. The topological polar surface area (TPSA) is 118 Å². The fourth-order valence-electron chi connectivity index (χ4n) is 5.54. The van der Waals surface area contributed by atoms with Gasteiger partial charge in [-0.1, -0.05) is 5.16 Å². The lowest BCUT2D eigenvalue weighted by Gasteiger charge is -2.40. The molecule has 0 bridgehead atoms. The lowest BCUT2D eigenvalue weighted by Crippen LogP contribution is -2.50. The number of carbonyl (C=O) groups is 1. The average Bonchev–Trinajstić information content (AvgIpc) is 3.58. The van der Waals surface area contributed by atoms with Gasteiger partial charge in [-0.15, -0.1) is 0 Å². The van der Waals surface area contributed by atoms with E-state index in [9.17, 15) is 22.4 Å². The van der Waals surface area contributed by atoms with E-state index in [2.05, 4.69) is 20.1 Å². The van der Waals surface area contributed by atoms with Crippen LogP contribution in [0.25, 0.3) is 0 Å². The Morgan fingerprint density at radius 3 is 2.41 bits per heavy atom. The maximum Gasteiger partial charge on any atom is 0.324 e. The molecule has 5 rings (SSSR count). The SMILES string of the molecule is CC(C)N(C(=O)c1cnc(N2CC(N)C(c3cc(F)ccc3F)C2)nc1)C1CCN(c2nc(C(C)(F)F)no2)CC1. The van der Waals surface area contributed by atoms with Gasteiger partial charge in [-0.3, -0.25) is 4.79 Å². The summed E-state index contributed by atoms with van der Waals surface area (Å²) in [5.74, 6) is -5.22. The number of anilines is 2. The summed E-state index contributed by atoms with van der Waals surface area (Å²) >= 11 is 0. The molecule has 0 saturated carbocycles. The lowest BCUT2D eigenvalue weighted by molar-refractivity contribution is 0.00558. The van der Waals surface area contributed by atoms with Crippen molar-refractivity contribution in [2.75, 3.05) is 36.0 Å². The molecular weight excluding hydrogens is 544 g/mol. The third-order valence-electron chi connectivity index (χ3n) is 7.62. The van der Waals surface area contributed by atoms with Gasteiger partial charge < -0.3 is 25.0 Å². The summed E-state index contributed by atoms with van der Waals surface area (Å²) in [5.41, 5.74) is 6.79. The standard InChI is InChI=1S/C27H32F4N8O2/c1-15(2)39(18-6-8-37(9-7-18)26-35-24(36-41-26)27(3,30)31)23(40)16-11-33-25(34-12-16)38-13-20(22(32)14-38)19-10-17(28)4-5-21(19)29/h4-5,10-12,15,18,20,22H,6-9,13-14,32H2,1-3H3. The highest BCUT2D eigenvalue weighted by Crippen LogP contribution is 2.31. The summed E-state index contributed by atoms with van der Waals surface area (Å²) in [6.45, 7) is 6.12. The van der Waals surface area contributed by atoms with Crippen molar-refractivity contribution in [3.8, 4) is 0 Å². The molecule has 2 aliphatic rings. The molecule has 14 heteroatoms. The minimum absolute atomic E-state index is 0.0374. The van der Waals surface area contributed by atoms with Crippen molar-refractivity contribution < 1.29 is 26.9 Å². The van der Waals surface area contributed by atoms with Gasteiger partial charge in [-0.25, -0.2) is 18.7 Å². The molecule has 10 nitrogen and oxygen atoms in total. The molecule has 2 unspecified atom stereocenters. The predicted molar refractivity (Wildman–Crippen MR) is 142 cm³/mol. The summed E-state index contributed by atoms with van der Waals surface area (Å²) in [6, 6.07) is 2.69. The average molecular weight is 577 g/mol. The Kier molecular flexibility index (Phi) is 7.86. The van der Waals surface area contributed by atoms with Gasteiger partial charge in [0.15, 0.2) is 0 Å². The van der Waals surface area contributed by atoms with Gasteiger partial charge in [-0.2, -0.15) is 13.8 Å². The number of carbonyl (C=O) groups excluding carboxylic acids is 1. The molecule has 4 heterocycles. The van der Waals surface area contributed by atoms with E-state index in [0.29, 0.717) is 57.5 Å². The molecule has 0 aliphatic carbocycles. The van der Waals surface area contributed by atoms with Crippen molar-refractivity contribution in [1.82, 2.24) is 25.0 Å². The molecule has 2 aliphatic heterocycles. The zero-order valence-corrected chi connectivity index (χ0v) is 23.0. The number of amides is 1. The third kappa shape index (κ3) is 5.97. The van der Waals surface area contributed by atoms with Crippen molar-refractivity contribution in [1.29, 1.82) is 0 Å². The first kappa shape index (κ1) is 28.7. The number of halogens is 4. The first-order valence-corrected chi connectivity index (χ1v) is 13.5. The molecule has 2 aromatic heterocycles. The van der Waals surface area contributed by atoms with Crippen molar-refractivity contribution in [3.05, 3.63) is 59.2 Å². The highest BCUT2D eigenvalue weighted by atomic mass is 19.3. The van der Waals surface area contributed by atoms with Gasteiger partial charge in [-0.05, 0) is 50.5 Å². The van der Waals surface area contributed by atoms with Gasteiger partial charge in [0, 0.05) is 69.5 Å². The second-order valence-electron chi connectivity index (χ2n) is 10.9. The van der Waals surface area contributed by atoms with Crippen LogP contribution in [0.1, 0.15) is 61.3 Å². The van der Waals surface area contributed by atoms with Crippen molar-refractivity contribution in [3.63, 3.8) is 0 Å². The Morgan fingerprint density at radius 1 is 1.12 bits per heavy atom. The zero-order valence-electron chi connectivity index (χ0n) is 23.0. The van der Waals surface area contributed by atoms with E-state index in [1.165, 1.54) is 18.5 Å². The van der Waals surface area contributed by atoms with Crippen LogP contribution in [0.3, 0.4) is 0 Å². The Labute approximate surface area is 234 Å². The molecule has 2 N–H and O–H groups in total. The van der Waals surface area contributed by atoms with Crippen LogP contribution in [-0.4, -0.2) is 75.2 Å². The lowest BCUT2D eigenvalue weighted by atomic mass is 9.94. The fraction of sp³-hybridized carbons (Fsp3) is 0.519. The zero-order chi connectivity index (χ0) is 29.5. The quantitative estimate of drug-likeness (QED) is 0.420. The van der Waals surface area contributed by atoms with Crippen LogP contribution >= 0.6 is 0 Å². The van der Waals surface area contributed by atoms with E-state index >= 15 is 0 Å². The molecule has 220 valence electrons. The molecule has 2 fully saturated rings. The highest BCUT2D eigenvalue weighted by Gasteiger charge is 2.36. The number of piperidine rings is 1. The fourth-order valence-corrected chi connectivity index (χ4v) is 5.54. The molecule has 41 heavy (non-hydrogen) atoms. The number of nitrogens with zero attached hydrogens (tertiary/aromatic N) is 7. The van der Waals surface area contributed by atoms with E-state index in [4.69, 9.17) is 10.3 Å². The van der Waals surface area contributed by atoms with Crippen LogP contribution < -0.4 is 15.5 Å². The molecule has 1 amide bonds. The minimum atomic E-state index is -3.19. The van der Waals surface area contributed by atoms with Gasteiger partial charge in [0.25, 0.3) is 5.91 Å². The maximum absolute atomic E-state index is 14.4. The number of rotatable bonds is 7. The third-order valence-corrected chi connectivity index (χ3v) is 7.62. The molecule has 1 aromatic carbocycles. The summed E-state index contributed by atoms with van der Waals surface area (Å²) in [7, 11) is 0. The number of aromatic nitrogens is 4. The highest BCUT2D eigenvalue weighted by molar-refractivity contribution is 5.94. The largest absolute Gasteiger partial charge is 0.339 e. The van der Waals surface area contributed by atoms with Crippen molar-refractivity contribution in [2.24, 2.45) is 5.73 Å². The van der Waals surface area contributed by atoms with Gasteiger partial charge in [0.2, 0.25) is 11.8 Å². The van der Waals surface area contributed by atoms with E-state index in [-0.39, 0.29) is 29.6 Å². The maximum atomic E-state index is 14.4. The second kappa shape index (κ2) is 11.2.